The molecule has 2 N–H and O–H groups in total. The number of carbonyl (C=O) groups is 3. The monoisotopic (exact) mass is 476 g/mol. The summed E-state index contributed by atoms with van der Waals surface area (Å²) in [5.74, 6) is -1.04. The highest BCUT2D eigenvalue weighted by Gasteiger charge is 2.26. The fourth-order valence-electron chi connectivity index (χ4n) is 3.32. The van der Waals surface area contributed by atoms with Crippen LogP contribution in [0.1, 0.15) is 53.1 Å². The number of ketones is 1. The Hall–Kier alpha value is -3.40. The summed E-state index contributed by atoms with van der Waals surface area (Å²) in [6.07, 6.45) is 1.06. The van der Waals surface area contributed by atoms with Gasteiger partial charge in [0.25, 0.3) is 5.91 Å². The van der Waals surface area contributed by atoms with Gasteiger partial charge in [0.05, 0.1) is 36.8 Å². The predicted molar refractivity (Wildman–Crippen MR) is 125 cm³/mol. The van der Waals surface area contributed by atoms with Crippen LogP contribution < -0.4 is 20.1 Å². The van der Waals surface area contributed by atoms with E-state index >= 15 is 0 Å². The molecule has 2 aromatic rings. The summed E-state index contributed by atoms with van der Waals surface area (Å²) in [7, 11) is -2.04. The number of Topliss-reactive ketones (excluding diaryl/α,β-unsaturated/α-hetero) is 1. The largest absolute Gasteiger partial charge is 0.493 e. The third-order valence-electron chi connectivity index (χ3n) is 4.65. The molecule has 2 amide bonds. The molecule has 0 aliphatic carbocycles. The molecule has 2 rings (SSSR count). The number of methoxy groups -OCH3 is 1. The van der Waals surface area contributed by atoms with Crippen molar-refractivity contribution in [2.45, 2.75) is 26.8 Å². The zero-order valence-electron chi connectivity index (χ0n) is 19.2. The molecule has 0 saturated carbocycles. The third-order valence-corrected chi connectivity index (χ3v) is 5.58. The summed E-state index contributed by atoms with van der Waals surface area (Å²) in [4.78, 5) is 37.1. The van der Waals surface area contributed by atoms with E-state index in [1.807, 2.05) is 0 Å². The summed E-state index contributed by atoms with van der Waals surface area (Å²) in [5, 5.41) is 5.25. The van der Waals surface area contributed by atoms with Gasteiger partial charge in [0, 0.05) is 18.7 Å². The molecule has 9 nitrogen and oxygen atoms in total. The van der Waals surface area contributed by atoms with Gasteiger partial charge in [-0.3, -0.25) is 14.4 Å². The van der Waals surface area contributed by atoms with E-state index in [0.717, 1.165) is 6.26 Å². The fraction of sp³-hybridized carbons (Fsp3) is 0.348. The van der Waals surface area contributed by atoms with Crippen LogP contribution in [0.25, 0.3) is 0 Å². The van der Waals surface area contributed by atoms with Crippen molar-refractivity contribution in [3.05, 3.63) is 53.1 Å². The topological polar surface area (TPSA) is 128 Å². The van der Waals surface area contributed by atoms with Gasteiger partial charge in [-0.1, -0.05) is 18.2 Å². The molecule has 178 valence electrons. The van der Waals surface area contributed by atoms with Gasteiger partial charge in [0.2, 0.25) is 5.91 Å². The van der Waals surface area contributed by atoms with Crippen molar-refractivity contribution in [3.63, 3.8) is 0 Å². The molecule has 0 saturated heterocycles. The van der Waals surface area contributed by atoms with E-state index in [1.54, 1.807) is 31.2 Å². The molecule has 0 heterocycles. The maximum atomic E-state index is 13.3. The molecule has 0 aliphatic rings. The van der Waals surface area contributed by atoms with Crippen molar-refractivity contribution in [2.75, 3.05) is 31.0 Å². The van der Waals surface area contributed by atoms with Crippen LogP contribution in [0.15, 0.2) is 36.4 Å². The molecular weight excluding hydrogens is 448 g/mol. The normalized spacial score (nSPS) is 11.9. The molecule has 0 bridgehead atoms. The highest BCUT2D eigenvalue weighted by atomic mass is 32.2. The maximum absolute atomic E-state index is 13.3. The summed E-state index contributed by atoms with van der Waals surface area (Å²) in [6, 6.07) is 8.40. The minimum absolute atomic E-state index is 0.0442. The van der Waals surface area contributed by atoms with Gasteiger partial charge in [0.1, 0.15) is 9.84 Å². The number of anilines is 1. The van der Waals surface area contributed by atoms with E-state index in [4.69, 9.17) is 9.47 Å². The second kappa shape index (κ2) is 11.0. The fourth-order valence-corrected chi connectivity index (χ4v) is 4.20. The molecule has 1 atom stereocenters. The Morgan fingerprint density at radius 1 is 1.06 bits per heavy atom. The van der Waals surface area contributed by atoms with Crippen LogP contribution in [-0.2, 0) is 14.6 Å². The van der Waals surface area contributed by atoms with Crippen molar-refractivity contribution >= 4 is 33.1 Å². The lowest BCUT2D eigenvalue weighted by molar-refractivity contribution is -0.114. The number of nitrogens with one attached hydrogen (secondary N) is 2. The number of sulfone groups is 1. The van der Waals surface area contributed by atoms with E-state index < -0.39 is 33.4 Å². The molecular formula is C23H28N2O7S. The molecule has 0 radical (unpaired) electrons. The maximum Gasteiger partial charge on any atom is 0.254 e. The van der Waals surface area contributed by atoms with E-state index in [1.165, 1.54) is 33.1 Å². The Kier molecular flexibility index (Phi) is 8.58. The quantitative estimate of drug-likeness (QED) is 0.505. The highest BCUT2D eigenvalue weighted by Crippen LogP contribution is 2.31. The van der Waals surface area contributed by atoms with Crippen LogP contribution in [0.3, 0.4) is 0 Å². The van der Waals surface area contributed by atoms with Crippen molar-refractivity contribution in [1.82, 2.24) is 5.32 Å². The number of amides is 2. The molecule has 10 heteroatoms. The molecule has 33 heavy (non-hydrogen) atoms. The molecule has 0 aliphatic heterocycles. The average molecular weight is 477 g/mol. The number of hydrogen-bond acceptors (Lipinski definition) is 7. The minimum Gasteiger partial charge on any atom is -0.493 e. The lowest BCUT2D eigenvalue weighted by Crippen LogP contribution is -2.34. The zero-order valence-corrected chi connectivity index (χ0v) is 20.0. The lowest BCUT2D eigenvalue weighted by atomic mass is 10.00. The smallest absolute Gasteiger partial charge is 0.254 e. The summed E-state index contributed by atoms with van der Waals surface area (Å²) in [6.45, 7) is 4.73. The first-order valence-electron chi connectivity index (χ1n) is 10.2. The molecule has 0 unspecified atom stereocenters. The summed E-state index contributed by atoms with van der Waals surface area (Å²) >= 11 is 0. The van der Waals surface area contributed by atoms with Crippen molar-refractivity contribution in [3.8, 4) is 11.5 Å². The summed E-state index contributed by atoms with van der Waals surface area (Å²) < 4.78 is 35.1. The van der Waals surface area contributed by atoms with Gasteiger partial charge in [-0.2, -0.15) is 0 Å². The standard InChI is InChI=1S/C23H28N2O7S/c1-6-32-21-12-16(10-11-20(21)31-4)19(13-33(5,29)30)25-23(28)22-17(14(2)26)8-7-9-18(22)24-15(3)27/h7-12,19H,6,13H2,1-5H3,(H,24,27)(H,25,28)/t19-/m1/s1. The number of carbonyl (C=O) groups excluding carboxylic acids is 3. The second-order valence-corrected chi connectivity index (χ2v) is 9.61. The number of ether oxygens (including phenoxy) is 2. The Bertz CT molecular complexity index is 1160. The van der Waals surface area contributed by atoms with Gasteiger partial charge in [-0.25, -0.2) is 8.42 Å². The SMILES string of the molecule is CCOc1cc([C@@H](CS(C)(=O)=O)NC(=O)c2c(NC(C)=O)cccc2C(C)=O)ccc1OC. The second-order valence-electron chi connectivity index (χ2n) is 7.43. The van der Waals surface area contributed by atoms with Crippen LogP contribution in [0, 0.1) is 0 Å². The average Bonchev–Trinajstić information content (AvgIpc) is 2.71. The number of benzene rings is 2. The van der Waals surface area contributed by atoms with Crippen molar-refractivity contribution in [1.29, 1.82) is 0 Å². The molecule has 0 fully saturated rings. The molecule has 0 aromatic heterocycles. The van der Waals surface area contributed by atoms with Crippen LogP contribution in [0.2, 0.25) is 0 Å². The summed E-state index contributed by atoms with van der Waals surface area (Å²) in [5.41, 5.74) is 0.675. The first-order valence-corrected chi connectivity index (χ1v) is 12.2. The Morgan fingerprint density at radius 2 is 1.76 bits per heavy atom. The highest BCUT2D eigenvalue weighted by molar-refractivity contribution is 7.90. The Morgan fingerprint density at radius 3 is 2.30 bits per heavy atom. The number of rotatable bonds is 10. The van der Waals surface area contributed by atoms with Crippen LogP contribution in [0.5, 0.6) is 11.5 Å². The van der Waals surface area contributed by atoms with Gasteiger partial charge < -0.3 is 20.1 Å². The van der Waals surface area contributed by atoms with Gasteiger partial charge in [-0.15, -0.1) is 0 Å². The Labute approximate surface area is 193 Å². The van der Waals surface area contributed by atoms with E-state index in [9.17, 15) is 22.8 Å². The van der Waals surface area contributed by atoms with Crippen molar-refractivity contribution in [2.24, 2.45) is 0 Å². The molecule has 2 aromatic carbocycles. The first kappa shape index (κ1) is 25.9. The van der Waals surface area contributed by atoms with E-state index in [2.05, 4.69) is 10.6 Å². The van der Waals surface area contributed by atoms with Crippen LogP contribution in [0.4, 0.5) is 5.69 Å². The molecule has 0 spiro atoms. The van der Waals surface area contributed by atoms with E-state index in [-0.39, 0.29) is 22.6 Å². The van der Waals surface area contributed by atoms with Gasteiger partial charge >= 0.3 is 0 Å². The van der Waals surface area contributed by atoms with Crippen molar-refractivity contribution < 1.29 is 32.3 Å². The minimum atomic E-state index is -3.52. The lowest BCUT2D eigenvalue weighted by Gasteiger charge is -2.22. The van der Waals surface area contributed by atoms with E-state index in [0.29, 0.717) is 23.7 Å². The van der Waals surface area contributed by atoms with Crippen LogP contribution in [-0.4, -0.2) is 51.7 Å². The van der Waals surface area contributed by atoms with Gasteiger partial charge in [0.15, 0.2) is 17.3 Å². The number of hydrogen-bond donors (Lipinski definition) is 2. The first-order chi connectivity index (χ1) is 15.5. The predicted octanol–water partition coefficient (Wildman–Crippen LogP) is 2.77. The Balaban J connectivity index is 2.55. The van der Waals surface area contributed by atoms with Crippen LogP contribution >= 0.6 is 0 Å². The third kappa shape index (κ3) is 7.04. The zero-order chi connectivity index (χ0) is 24.8. The van der Waals surface area contributed by atoms with Gasteiger partial charge in [-0.05, 0) is 37.6 Å².